The number of hydrogen-bond donors (Lipinski definition) is 0. The summed E-state index contributed by atoms with van der Waals surface area (Å²) in [5, 5.41) is 6.40. The Morgan fingerprint density at radius 1 is 0.500 bits per heavy atom. The van der Waals surface area contributed by atoms with E-state index < -0.39 is 8.07 Å². The summed E-state index contributed by atoms with van der Waals surface area (Å²) in [5.41, 5.74) is 8.83. The largest absolute Gasteiger partial charge is 1.00 e. The SMILES string of the molecule is CCc1cc(CC)cc([Si](C2=[C]([Ti+3])C=CC2)(c2cc(CC)cc(CC)c2)c2cc(CC)cc(CC)c2)c1.[Cl-].[Cl-].[Cl-]. The molecule has 1 aliphatic rings. The van der Waals surface area contributed by atoms with Crippen molar-refractivity contribution < 1.29 is 57.7 Å². The monoisotopic (exact) mass is 644 g/mol. The first-order valence-corrected chi connectivity index (χ1v) is 17.2. The number of rotatable bonds is 10. The van der Waals surface area contributed by atoms with Crippen LogP contribution in [0, 0.1) is 0 Å². The Hall–Kier alpha value is -1.06. The molecule has 0 N–H and O–H groups in total. The van der Waals surface area contributed by atoms with Gasteiger partial charge in [-0.2, -0.15) is 0 Å². The quantitative estimate of drug-likeness (QED) is 0.174. The molecule has 0 fully saturated rings. The normalized spacial score (nSPS) is 12.6. The van der Waals surface area contributed by atoms with Gasteiger partial charge in [0.1, 0.15) is 0 Å². The van der Waals surface area contributed by atoms with Gasteiger partial charge >= 0.3 is 240 Å². The summed E-state index contributed by atoms with van der Waals surface area (Å²) in [6.45, 7) is 13.9. The summed E-state index contributed by atoms with van der Waals surface area (Å²) >= 11 is 2.36. The summed E-state index contributed by atoms with van der Waals surface area (Å²) in [4.78, 5) is 0. The van der Waals surface area contributed by atoms with Gasteiger partial charge in [-0.3, -0.25) is 0 Å². The molecule has 40 heavy (non-hydrogen) atoms. The van der Waals surface area contributed by atoms with Gasteiger partial charge in [-0.15, -0.1) is 0 Å². The molecule has 212 valence electrons. The molecule has 4 rings (SSSR count). The van der Waals surface area contributed by atoms with Crippen LogP contribution in [-0.4, -0.2) is 8.07 Å². The Labute approximate surface area is 275 Å². The van der Waals surface area contributed by atoms with Gasteiger partial charge in [0.2, 0.25) is 0 Å². The molecule has 0 nitrogen and oxygen atoms in total. The van der Waals surface area contributed by atoms with Crippen LogP contribution in [0.3, 0.4) is 0 Å². The Kier molecular flexibility index (Phi) is 15.3. The molecule has 0 spiro atoms. The Morgan fingerprint density at radius 3 is 0.975 bits per heavy atom. The van der Waals surface area contributed by atoms with E-state index in [0.29, 0.717) is 0 Å². The van der Waals surface area contributed by atoms with Gasteiger partial charge in [0.25, 0.3) is 0 Å². The molecule has 0 saturated carbocycles. The van der Waals surface area contributed by atoms with E-state index in [2.05, 4.69) is 129 Å². The molecule has 0 atom stereocenters. The molecule has 5 heteroatoms. The number of aryl methyl sites for hydroxylation is 6. The zero-order valence-electron chi connectivity index (χ0n) is 24.9. The molecule has 1 aliphatic carbocycles. The second kappa shape index (κ2) is 16.5. The van der Waals surface area contributed by atoms with Gasteiger partial charge in [0, 0.05) is 0 Å². The molecule has 0 saturated heterocycles. The van der Waals surface area contributed by atoms with Crippen molar-refractivity contribution in [2.75, 3.05) is 0 Å². The third-order valence-electron chi connectivity index (χ3n) is 8.29. The van der Waals surface area contributed by atoms with Crippen molar-refractivity contribution in [3.63, 3.8) is 0 Å². The van der Waals surface area contributed by atoms with Crippen molar-refractivity contribution in [2.24, 2.45) is 0 Å². The Bertz CT molecular complexity index is 1140. The van der Waals surface area contributed by atoms with Crippen LogP contribution < -0.4 is 52.8 Å². The Morgan fingerprint density at radius 2 is 0.775 bits per heavy atom. The van der Waals surface area contributed by atoms with Crippen molar-refractivity contribution >= 4 is 23.6 Å². The van der Waals surface area contributed by atoms with Crippen LogP contribution >= 0.6 is 0 Å². The Balaban J connectivity index is 0.00000267. The van der Waals surface area contributed by atoms with E-state index in [9.17, 15) is 0 Å². The van der Waals surface area contributed by atoms with Crippen LogP contribution in [0.5, 0.6) is 0 Å². The van der Waals surface area contributed by atoms with Gasteiger partial charge < -0.3 is 37.2 Å². The van der Waals surface area contributed by atoms with Crippen LogP contribution in [0.15, 0.2) is 75.8 Å². The fourth-order valence-corrected chi connectivity index (χ4v) is 12.6. The third kappa shape index (κ3) is 7.28. The zero-order chi connectivity index (χ0) is 26.6. The van der Waals surface area contributed by atoms with Crippen molar-refractivity contribution in [3.8, 4) is 0 Å². The summed E-state index contributed by atoms with van der Waals surface area (Å²) in [5.74, 6) is 0. The maximum absolute atomic E-state index is 2.58. The van der Waals surface area contributed by atoms with Gasteiger partial charge in [0.05, 0.1) is 0 Å². The fourth-order valence-electron chi connectivity index (χ4n) is 6.05. The summed E-state index contributed by atoms with van der Waals surface area (Å²) in [7, 11) is -2.52. The molecule has 0 unspecified atom stereocenters. The first-order valence-electron chi connectivity index (χ1n) is 14.4. The van der Waals surface area contributed by atoms with Crippen LogP contribution in [0.4, 0.5) is 0 Å². The molecule has 0 amide bonds. The number of halogens is 3. The van der Waals surface area contributed by atoms with E-state index in [1.54, 1.807) is 20.8 Å². The molecule has 0 aromatic heterocycles. The van der Waals surface area contributed by atoms with E-state index in [0.717, 1.165) is 44.9 Å². The summed E-state index contributed by atoms with van der Waals surface area (Å²) < 4.78 is 1.48. The minimum Gasteiger partial charge on any atom is -1.00 e. The number of benzene rings is 3. The van der Waals surface area contributed by atoms with Crippen molar-refractivity contribution in [1.29, 1.82) is 0 Å². The van der Waals surface area contributed by atoms with Crippen LogP contribution in [0.25, 0.3) is 0 Å². The third-order valence-corrected chi connectivity index (χ3v) is 14.3. The van der Waals surface area contributed by atoms with E-state index in [4.69, 9.17) is 0 Å². The second-order valence-corrected chi connectivity index (χ2v) is 15.2. The van der Waals surface area contributed by atoms with E-state index >= 15 is 0 Å². The fraction of sp³-hybridized carbons (Fsp3) is 0.371. The zero-order valence-corrected chi connectivity index (χ0v) is 29.8. The van der Waals surface area contributed by atoms with E-state index in [1.165, 1.54) is 37.3 Å². The van der Waals surface area contributed by atoms with Gasteiger partial charge in [0.15, 0.2) is 0 Å². The van der Waals surface area contributed by atoms with E-state index in [-0.39, 0.29) is 37.2 Å². The minimum absolute atomic E-state index is 0. The van der Waals surface area contributed by atoms with Crippen molar-refractivity contribution in [1.82, 2.24) is 0 Å². The van der Waals surface area contributed by atoms with Crippen LogP contribution in [0.1, 0.15) is 81.3 Å². The molecule has 3 aromatic rings. The van der Waals surface area contributed by atoms with Crippen LogP contribution in [0.2, 0.25) is 0 Å². The molecule has 3 aromatic carbocycles. The predicted molar refractivity (Wildman–Crippen MR) is 161 cm³/mol. The molecule has 0 radical (unpaired) electrons. The first-order chi connectivity index (χ1) is 17.9. The van der Waals surface area contributed by atoms with Gasteiger partial charge in [-0.25, -0.2) is 0 Å². The molecule has 0 heterocycles. The average Bonchev–Trinajstić information content (AvgIpc) is 3.38. The van der Waals surface area contributed by atoms with Crippen molar-refractivity contribution in [2.45, 2.75) is 86.5 Å². The first kappa shape index (κ1) is 37.0. The molecular weight excluding hydrogens is 603 g/mol. The predicted octanol–water partition coefficient (Wildman–Crippen LogP) is -2.16. The summed E-state index contributed by atoms with van der Waals surface area (Å²) in [6.07, 6.45) is 12.3. The van der Waals surface area contributed by atoms with Crippen LogP contribution in [-0.2, 0) is 59.0 Å². The standard InChI is InChI=1S/C35H43Si.3ClH.Ti/c1-7-26-17-27(8-2)21-33(20-26)36(32-15-13-14-16-32,34-22-28(9-3)18-29(10-4)23-34)35-24-30(11-5)19-31(12-6)25-35;;;;/h13-14,17-25H,7-12,15H2,1-6H3;3*1H;/q;;;;+3/p-3. The second-order valence-electron chi connectivity index (χ2n) is 10.5. The van der Waals surface area contributed by atoms with Crippen molar-refractivity contribution in [3.05, 3.63) is 109 Å². The maximum Gasteiger partial charge on any atom is -1.00 e. The molecule has 0 bridgehead atoms. The summed E-state index contributed by atoms with van der Waals surface area (Å²) in [6, 6.07) is 22.8. The maximum atomic E-state index is 2.58. The topological polar surface area (TPSA) is 0 Å². The average molecular weight is 646 g/mol. The number of allylic oxidation sites excluding steroid dienone is 4. The minimum atomic E-state index is -2.52. The van der Waals surface area contributed by atoms with E-state index in [1.807, 2.05) is 0 Å². The number of hydrogen-bond acceptors (Lipinski definition) is 0. The molecule has 0 aliphatic heterocycles. The van der Waals surface area contributed by atoms with Gasteiger partial charge in [-0.1, -0.05) is 0 Å². The van der Waals surface area contributed by atoms with Gasteiger partial charge in [-0.05, 0) is 0 Å². The smallest absolute Gasteiger partial charge is 1.00 e. The molecular formula is C35H43Cl3SiTi.